The van der Waals surface area contributed by atoms with E-state index in [1.165, 1.54) is 47.3 Å². The van der Waals surface area contributed by atoms with Gasteiger partial charge in [0.05, 0.1) is 0 Å². The van der Waals surface area contributed by atoms with Crippen LogP contribution in [0.3, 0.4) is 0 Å². The van der Waals surface area contributed by atoms with Crippen molar-refractivity contribution in [2.75, 3.05) is 0 Å². The lowest BCUT2D eigenvalue weighted by Crippen LogP contribution is -2.66. The lowest BCUT2D eigenvalue weighted by atomic mass is 9.32. The SMILES string of the molecule is C1C[C@@H]2C3C4[C@H]1C[C@H]2C1C[C@H]3CC[C@H]41. The van der Waals surface area contributed by atoms with Crippen LogP contribution in [-0.2, 0) is 0 Å². The largest absolute Gasteiger partial charge is 0.0499 e. The van der Waals surface area contributed by atoms with Gasteiger partial charge in [-0.1, -0.05) is 0 Å². The Balaban J connectivity index is 1.73. The number of hydrogen-bond acceptors (Lipinski definition) is 0. The van der Waals surface area contributed by atoms with E-state index in [2.05, 4.69) is 0 Å². The van der Waals surface area contributed by atoms with Crippen LogP contribution in [0.4, 0.5) is 0 Å². The van der Waals surface area contributed by atoms with Crippen LogP contribution in [0.1, 0.15) is 38.5 Å². The first-order chi connectivity index (χ1) is 6.93. The molecule has 76 valence electrons. The second-order valence-electron chi connectivity index (χ2n) is 6.96. The molecule has 9 aliphatic carbocycles. The van der Waals surface area contributed by atoms with Gasteiger partial charge in [-0.05, 0) is 85.9 Å². The van der Waals surface area contributed by atoms with E-state index in [4.69, 9.17) is 0 Å². The van der Waals surface area contributed by atoms with Gasteiger partial charge in [0.25, 0.3) is 0 Å². The van der Waals surface area contributed by atoms with Crippen LogP contribution >= 0.6 is 0 Å². The minimum Gasteiger partial charge on any atom is -0.0499 e. The molecule has 0 nitrogen and oxygen atoms in total. The molecule has 0 aliphatic heterocycles. The molecule has 0 radical (unpaired) electrons. The van der Waals surface area contributed by atoms with E-state index in [1.54, 1.807) is 38.5 Å². The van der Waals surface area contributed by atoms with Crippen molar-refractivity contribution in [1.82, 2.24) is 0 Å². The number of fused-ring (bicyclic) bond motifs is 2. The van der Waals surface area contributed by atoms with Crippen molar-refractivity contribution < 1.29 is 0 Å². The van der Waals surface area contributed by atoms with Gasteiger partial charge in [-0.2, -0.15) is 0 Å². The molecule has 14 heavy (non-hydrogen) atoms. The van der Waals surface area contributed by atoms with E-state index >= 15 is 0 Å². The molecule has 0 heterocycles. The molecular weight excluding hydrogens is 168 g/mol. The molecule has 9 rings (SSSR count). The fourth-order valence-electron chi connectivity index (χ4n) is 7.06. The van der Waals surface area contributed by atoms with Crippen molar-refractivity contribution in [3.05, 3.63) is 0 Å². The molecule has 0 aromatic heterocycles. The predicted molar refractivity (Wildman–Crippen MR) is 55.6 cm³/mol. The van der Waals surface area contributed by atoms with Gasteiger partial charge in [0.15, 0.2) is 0 Å². The van der Waals surface area contributed by atoms with Gasteiger partial charge < -0.3 is 0 Å². The summed E-state index contributed by atoms with van der Waals surface area (Å²) in [7, 11) is 0. The Hall–Kier alpha value is 0. The third-order valence-corrected chi connectivity index (χ3v) is 7.06. The van der Waals surface area contributed by atoms with Crippen LogP contribution in [0.2, 0.25) is 0 Å². The Bertz CT molecular complexity index is 260. The molecule has 0 aromatic rings. The molecule has 8 bridgehead atoms. The minimum absolute atomic E-state index is 1.21. The lowest BCUT2D eigenvalue weighted by molar-refractivity contribution is -0.239. The monoisotopic (exact) mass is 188 g/mol. The molecule has 0 aromatic carbocycles. The highest BCUT2D eigenvalue weighted by molar-refractivity contribution is 5.15. The normalized spacial score (nSPS) is 72.0. The van der Waals surface area contributed by atoms with E-state index in [-0.39, 0.29) is 0 Å². The Morgan fingerprint density at radius 2 is 1.00 bits per heavy atom. The summed E-state index contributed by atoms with van der Waals surface area (Å²) >= 11 is 0. The van der Waals surface area contributed by atoms with Gasteiger partial charge in [0, 0.05) is 0 Å². The average molecular weight is 188 g/mol. The maximum Gasteiger partial charge on any atom is -0.0321 e. The molecule has 9 saturated carbocycles. The fourth-order valence-corrected chi connectivity index (χ4v) is 7.06. The maximum atomic E-state index is 1.67. The van der Waals surface area contributed by atoms with Crippen LogP contribution in [0.5, 0.6) is 0 Å². The van der Waals surface area contributed by atoms with Crippen molar-refractivity contribution >= 4 is 0 Å². The molecule has 0 saturated heterocycles. The third kappa shape index (κ3) is 0.581. The van der Waals surface area contributed by atoms with Gasteiger partial charge in [0.1, 0.15) is 0 Å². The van der Waals surface area contributed by atoms with Crippen LogP contribution in [-0.4, -0.2) is 0 Å². The standard InChI is InChI=1S/C14H20/c1-3-9-11-5-7(1)13-10-4-2-8(14(9)13)6-12(10)11/h7-14H,1-6H2/t7-,8-,9+,10+,11-,12?,13?,14?/m1/s1. The highest BCUT2D eigenvalue weighted by Gasteiger charge is 2.66. The first-order valence-corrected chi connectivity index (χ1v) is 6.93. The zero-order valence-corrected chi connectivity index (χ0v) is 8.86. The summed E-state index contributed by atoms with van der Waals surface area (Å²) in [6.07, 6.45) is 9.85. The van der Waals surface area contributed by atoms with Gasteiger partial charge in [-0.3, -0.25) is 0 Å². The van der Waals surface area contributed by atoms with Crippen LogP contribution in [0, 0.1) is 47.3 Å². The summed E-state index contributed by atoms with van der Waals surface area (Å²) in [6.45, 7) is 0. The van der Waals surface area contributed by atoms with Crippen molar-refractivity contribution in [3.63, 3.8) is 0 Å². The minimum atomic E-state index is 1.21. The Morgan fingerprint density at radius 1 is 0.500 bits per heavy atom. The summed E-state index contributed by atoms with van der Waals surface area (Å²) in [5.74, 6) is 9.82. The number of rotatable bonds is 0. The molecule has 8 atom stereocenters. The fraction of sp³-hybridized carbons (Fsp3) is 1.00. The Morgan fingerprint density at radius 3 is 1.50 bits per heavy atom. The average Bonchev–Trinajstić information content (AvgIpc) is 2.30. The molecule has 9 fully saturated rings. The Labute approximate surface area is 86.5 Å². The summed E-state index contributed by atoms with van der Waals surface area (Å²) in [5, 5.41) is 0. The maximum absolute atomic E-state index is 1.67. The molecule has 3 unspecified atom stereocenters. The predicted octanol–water partition coefficient (Wildman–Crippen LogP) is 3.32. The second-order valence-corrected chi connectivity index (χ2v) is 6.96. The third-order valence-electron chi connectivity index (χ3n) is 7.06. The first kappa shape index (κ1) is 7.30. The topological polar surface area (TPSA) is 0 Å². The van der Waals surface area contributed by atoms with E-state index in [0.717, 1.165) is 0 Å². The van der Waals surface area contributed by atoms with E-state index in [1.807, 2.05) is 0 Å². The number of hydrogen-bond donors (Lipinski definition) is 0. The van der Waals surface area contributed by atoms with E-state index in [9.17, 15) is 0 Å². The quantitative estimate of drug-likeness (QED) is 0.547. The summed E-state index contributed by atoms with van der Waals surface area (Å²) in [5.41, 5.74) is 0. The molecule has 0 heteroatoms. The van der Waals surface area contributed by atoms with Crippen molar-refractivity contribution in [1.29, 1.82) is 0 Å². The molecule has 0 N–H and O–H groups in total. The van der Waals surface area contributed by atoms with Gasteiger partial charge in [-0.25, -0.2) is 0 Å². The highest BCUT2D eigenvalue weighted by atomic mass is 14.7. The summed E-state index contributed by atoms with van der Waals surface area (Å²) < 4.78 is 0. The van der Waals surface area contributed by atoms with E-state index in [0.29, 0.717) is 0 Å². The van der Waals surface area contributed by atoms with Crippen LogP contribution in [0.25, 0.3) is 0 Å². The van der Waals surface area contributed by atoms with Gasteiger partial charge >= 0.3 is 0 Å². The summed E-state index contributed by atoms with van der Waals surface area (Å²) in [4.78, 5) is 0. The molecule has 0 spiro atoms. The molecule has 9 aliphatic rings. The van der Waals surface area contributed by atoms with Crippen LogP contribution in [0.15, 0.2) is 0 Å². The first-order valence-electron chi connectivity index (χ1n) is 6.93. The van der Waals surface area contributed by atoms with E-state index < -0.39 is 0 Å². The van der Waals surface area contributed by atoms with Crippen molar-refractivity contribution in [3.8, 4) is 0 Å². The van der Waals surface area contributed by atoms with Crippen LogP contribution < -0.4 is 0 Å². The van der Waals surface area contributed by atoms with Gasteiger partial charge in [-0.15, -0.1) is 0 Å². The van der Waals surface area contributed by atoms with Crippen molar-refractivity contribution in [2.24, 2.45) is 47.3 Å². The molecule has 0 amide bonds. The Kier molecular flexibility index (Phi) is 1.08. The second kappa shape index (κ2) is 2.08. The summed E-state index contributed by atoms with van der Waals surface area (Å²) in [6, 6.07) is 0. The van der Waals surface area contributed by atoms with Crippen molar-refractivity contribution in [2.45, 2.75) is 38.5 Å². The highest BCUT2D eigenvalue weighted by Crippen LogP contribution is 2.73. The molecular formula is C14H20. The zero-order chi connectivity index (χ0) is 8.86. The zero-order valence-electron chi connectivity index (χ0n) is 8.86. The smallest absolute Gasteiger partial charge is 0.0321 e. The van der Waals surface area contributed by atoms with Gasteiger partial charge in [0.2, 0.25) is 0 Å². The lowest BCUT2D eigenvalue weighted by Gasteiger charge is -2.72.